The summed E-state index contributed by atoms with van der Waals surface area (Å²) in [6, 6.07) is 25.3. The van der Waals surface area contributed by atoms with Crippen molar-refractivity contribution in [3.63, 3.8) is 0 Å². The van der Waals surface area contributed by atoms with Crippen LogP contribution in [0.4, 0.5) is 5.69 Å². The SMILES string of the molecule is CCc1ccc(C2CC(c3ccccc3)=NN2C2=NC(=O)C(CC(=O)Nc3ccc(Cl)cc3)S2)cc1. The molecule has 2 heterocycles. The maximum absolute atomic E-state index is 12.8. The minimum Gasteiger partial charge on any atom is -0.326 e. The monoisotopic (exact) mass is 516 g/mol. The molecule has 0 spiro atoms. The van der Waals surface area contributed by atoms with Crippen molar-refractivity contribution in [1.82, 2.24) is 5.01 Å². The first-order chi connectivity index (χ1) is 17.5. The van der Waals surface area contributed by atoms with Crippen molar-refractivity contribution >= 4 is 51.7 Å². The van der Waals surface area contributed by atoms with Crippen molar-refractivity contribution in [3.05, 3.63) is 101 Å². The Bertz CT molecular complexity index is 1320. The molecule has 6 nitrogen and oxygen atoms in total. The normalized spacial score (nSPS) is 19.3. The van der Waals surface area contributed by atoms with Crippen molar-refractivity contribution in [3.8, 4) is 0 Å². The highest BCUT2D eigenvalue weighted by molar-refractivity contribution is 8.15. The van der Waals surface area contributed by atoms with Crippen LogP contribution in [0.15, 0.2) is 89.0 Å². The van der Waals surface area contributed by atoms with Gasteiger partial charge in [-0.2, -0.15) is 10.1 Å². The van der Waals surface area contributed by atoms with E-state index in [4.69, 9.17) is 16.7 Å². The molecule has 0 saturated heterocycles. The largest absolute Gasteiger partial charge is 0.326 e. The fraction of sp³-hybridized carbons (Fsp3) is 0.214. The van der Waals surface area contributed by atoms with E-state index < -0.39 is 5.25 Å². The summed E-state index contributed by atoms with van der Waals surface area (Å²) >= 11 is 7.21. The number of benzene rings is 3. The molecule has 2 aliphatic rings. The molecule has 0 aromatic heterocycles. The third-order valence-corrected chi connectivity index (χ3v) is 7.61. The van der Waals surface area contributed by atoms with Crippen LogP contribution in [0.3, 0.4) is 0 Å². The summed E-state index contributed by atoms with van der Waals surface area (Å²) < 4.78 is 0. The number of nitrogens with one attached hydrogen (secondary N) is 1. The number of carbonyl (C=O) groups is 2. The molecule has 0 bridgehead atoms. The number of anilines is 1. The van der Waals surface area contributed by atoms with Crippen LogP contribution in [-0.2, 0) is 16.0 Å². The second kappa shape index (κ2) is 10.7. The van der Waals surface area contributed by atoms with E-state index in [1.54, 1.807) is 24.3 Å². The van der Waals surface area contributed by atoms with Crippen LogP contribution < -0.4 is 5.32 Å². The Kier molecular flexibility index (Phi) is 7.20. The summed E-state index contributed by atoms with van der Waals surface area (Å²) in [6.07, 6.45) is 1.69. The van der Waals surface area contributed by atoms with E-state index in [1.165, 1.54) is 17.3 Å². The molecule has 0 aliphatic carbocycles. The maximum Gasteiger partial charge on any atom is 0.262 e. The molecule has 2 aliphatic heterocycles. The second-order valence-corrected chi connectivity index (χ2v) is 10.3. The third-order valence-electron chi connectivity index (χ3n) is 6.21. The Morgan fingerprint density at radius 2 is 1.78 bits per heavy atom. The Hall–Kier alpha value is -3.42. The Morgan fingerprint density at radius 3 is 2.47 bits per heavy atom. The Labute approximate surface area is 219 Å². The predicted octanol–water partition coefficient (Wildman–Crippen LogP) is 6.08. The molecule has 2 unspecified atom stereocenters. The number of halogens is 1. The average Bonchev–Trinajstić information content (AvgIpc) is 3.50. The van der Waals surface area contributed by atoms with E-state index in [2.05, 4.69) is 41.5 Å². The molecule has 182 valence electrons. The fourth-order valence-corrected chi connectivity index (χ4v) is 5.43. The fourth-order valence-electron chi connectivity index (χ4n) is 4.25. The molecule has 0 saturated carbocycles. The molecule has 36 heavy (non-hydrogen) atoms. The van der Waals surface area contributed by atoms with Gasteiger partial charge in [0.1, 0.15) is 5.25 Å². The van der Waals surface area contributed by atoms with Crippen LogP contribution in [0.1, 0.15) is 42.5 Å². The summed E-state index contributed by atoms with van der Waals surface area (Å²) in [5, 5.41) is 10.1. The summed E-state index contributed by atoms with van der Waals surface area (Å²) in [5.41, 5.74) is 5.00. The molecule has 8 heteroatoms. The van der Waals surface area contributed by atoms with Gasteiger partial charge in [-0.3, -0.25) is 9.59 Å². The van der Waals surface area contributed by atoms with E-state index >= 15 is 0 Å². The van der Waals surface area contributed by atoms with Gasteiger partial charge in [-0.05, 0) is 47.4 Å². The van der Waals surface area contributed by atoms with Gasteiger partial charge in [0.05, 0.1) is 11.8 Å². The number of rotatable bonds is 6. The number of amides is 2. The summed E-state index contributed by atoms with van der Waals surface area (Å²) in [4.78, 5) is 29.7. The Morgan fingerprint density at radius 1 is 1.06 bits per heavy atom. The molecular weight excluding hydrogens is 492 g/mol. The van der Waals surface area contributed by atoms with E-state index in [0.29, 0.717) is 22.3 Å². The lowest BCUT2D eigenvalue weighted by Crippen LogP contribution is -2.25. The lowest BCUT2D eigenvalue weighted by Gasteiger charge is -2.23. The number of carbonyl (C=O) groups excluding carboxylic acids is 2. The quantitative estimate of drug-likeness (QED) is 0.431. The van der Waals surface area contributed by atoms with E-state index in [0.717, 1.165) is 23.3 Å². The van der Waals surface area contributed by atoms with E-state index in [1.807, 2.05) is 35.3 Å². The summed E-state index contributed by atoms with van der Waals surface area (Å²) in [6.45, 7) is 2.13. The second-order valence-electron chi connectivity index (χ2n) is 8.67. The minimum atomic E-state index is -0.591. The molecule has 3 aromatic rings. The number of hydrogen-bond acceptors (Lipinski definition) is 5. The molecule has 0 fully saturated rings. The molecule has 2 atom stereocenters. The number of aryl methyl sites for hydroxylation is 1. The van der Waals surface area contributed by atoms with Gasteiger partial charge < -0.3 is 5.32 Å². The zero-order valence-electron chi connectivity index (χ0n) is 19.7. The maximum atomic E-state index is 12.8. The Balaban J connectivity index is 1.34. The molecule has 3 aromatic carbocycles. The standard InChI is InChI=1S/C28H25ClN4O2S/c1-2-18-8-10-20(11-9-18)24-16-23(19-6-4-3-5-7-19)32-33(24)28-31-27(35)25(36-28)17-26(34)30-22-14-12-21(29)13-15-22/h3-15,24-25H,2,16-17H2,1H3,(H,30,34). The van der Waals surface area contributed by atoms with Crippen molar-refractivity contribution in [2.45, 2.75) is 37.5 Å². The van der Waals surface area contributed by atoms with Crippen molar-refractivity contribution < 1.29 is 9.59 Å². The highest BCUT2D eigenvalue weighted by atomic mass is 35.5. The molecule has 0 radical (unpaired) electrons. The van der Waals surface area contributed by atoms with Gasteiger partial charge in [-0.1, -0.05) is 84.9 Å². The predicted molar refractivity (Wildman–Crippen MR) is 147 cm³/mol. The van der Waals surface area contributed by atoms with Crippen LogP contribution in [0.5, 0.6) is 0 Å². The van der Waals surface area contributed by atoms with Gasteiger partial charge in [0, 0.05) is 23.6 Å². The summed E-state index contributed by atoms with van der Waals surface area (Å²) in [7, 11) is 0. The van der Waals surface area contributed by atoms with Gasteiger partial charge in [0.25, 0.3) is 5.91 Å². The third kappa shape index (κ3) is 5.37. The first-order valence-corrected chi connectivity index (χ1v) is 13.1. The highest BCUT2D eigenvalue weighted by Gasteiger charge is 2.39. The first kappa shape index (κ1) is 24.3. The average molecular weight is 517 g/mol. The van der Waals surface area contributed by atoms with Crippen LogP contribution >= 0.6 is 23.4 Å². The molecule has 2 amide bonds. The van der Waals surface area contributed by atoms with Crippen molar-refractivity contribution in [2.75, 3.05) is 5.32 Å². The molecule has 5 rings (SSSR count). The zero-order chi connectivity index (χ0) is 25.1. The zero-order valence-corrected chi connectivity index (χ0v) is 21.3. The number of nitrogens with zero attached hydrogens (tertiary/aromatic N) is 3. The van der Waals surface area contributed by atoms with E-state index in [9.17, 15) is 9.59 Å². The van der Waals surface area contributed by atoms with Crippen LogP contribution in [0, 0.1) is 0 Å². The smallest absolute Gasteiger partial charge is 0.262 e. The number of hydrazone groups is 1. The van der Waals surface area contributed by atoms with Gasteiger partial charge >= 0.3 is 0 Å². The van der Waals surface area contributed by atoms with Crippen LogP contribution in [-0.4, -0.2) is 33.0 Å². The number of aliphatic imine (C=N–C) groups is 1. The lowest BCUT2D eigenvalue weighted by atomic mass is 9.97. The minimum absolute atomic E-state index is 0.0259. The topological polar surface area (TPSA) is 74.1 Å². The van der Waals surface area contributed by atoms with Gasteiger partial charge in [0.15, 0.2) is 5.17 Å². The molecular formula is C28H25ClN4O2S. The van der Waals surface area contributed by atoms with E-state index in [-0.39, 0.29) is 24.3 Å². The number of amidine groups is 1. The van der Waals surface area contributed by atoms with Crippen LogP contribution in [0.25, 0.3) is 0 Å². The number of hydrogen-bond donors (Lipinski definition) is 1. The molecule has 1 N–H and O–H groups in total. The van der Waals surface area contributed by atoms with Crippen molar-refractivity contribution in [1.29, 1.82) is 0 Å². The van der Waals surface area contributed by atoms with Crippen molar-refractivity contribution in [2.24, 2.45) is 10.1 Å². The van der Waals surface area contributed by atoms with Gasteiger partial charge in [0.2, 0.25) is 5.91 Å². The van der Waals surface area contributed by atoms with Crippen LogP contribution in [0.2, 0.25) is 5.02 Å². The van der Waals surface area contributed by atoms with Gasteiger partial charge in [-0.15, -0.1) is 0 Å². The lowest BCUT2D eigenvalue weighted by molar-refractivity contribution is -0.121. The van der Waals surface area contributed by atoms with Gasteiger partial charge in [-0.25, -0.2) is 5.01 Å². The summed E-state index contributed by atoms with van der Waals surface area (Å²) in [5.74, 6) is -0.564. The number of thioether (sulfide) groups is 1. The first-order valence-electron chi connectivity index (χ1n) is 11.9. The highest BCUT2D eigenvalue weighted by Crippen LogP contribution is 2.38.